The lowest BCUT2D eigenvalue weighted by atomic mass is 10.4. The zero-order valence-electron chi connectivity index (χ0n) is 11.3. The summed E-state index contributed by atoms with van der Waals surface area (Å²) < 4.78 is 6.96. The minimum absolute atomic E-state index is 0.196. The molecule has 0 unspecified atom stereocenters. The van der Waals surface area contributed by atoms with Gasteiger partial charge in [0.2, 0.25) is 0 Å². The van der Waals surface area contributed by atoms with E-state index in [1.54, 1.807) is 6.20 Å². The number of unbranched alkanes of at least 4 members (excludes halogenated alkanes) is 1. The predicted molar refractivity (Wildman–Crippen MR) is 70.1 cm³/mol. The van der Waals surface area contributed by atoms with Crippen LogP contribution in [0.5, 0.6) is 0 Å². The topological polar surface area (TPSA) is 56.2 Å². The van der Waals surface area contributed by atoms with Crippen LogP contribution in [0.1, 0.15) is 38.9 Å². The van der Waals surface area contributed by atoms with Gasteiger partial charge in [0.1, 0.15) is 12.4 Å². The second kappa shape index (κ2) is 8.69. The van der Waals surface area contributed by atoms with E-state index in [0.717, 1.165) is 31.6 Å². The highest BCUT2D eigenvalue weighted by molar-refractivity contribution is 5.69. The highest BCUT2D eigenvalue weighted by atomic mass is 16.5. The maximum Gasteiger partial charge on any atom is 0.325 e. The molecule has 1 rings (SSSR count). The van der Waals surface area contributed by atoms with E-state index in [2.05, 4.69) is 24.1 Å². The van der Waals surface area contributed by atoms with E-state index in [0.29, 0.717) is 13.2 Å². The molecule has 0 amide bonds. The normalized spacial score (nSPS) is 10.6. The van der Waals surface area contributed by atoms with Crippen molar-refractivity contribution in [2.75, 3.05) is 13.2 Å². The van der Waals surface area contributed by atoms with Crippen LogP contribution < -0.4 is 5.32 Å². The Hall–Kier alpha value is -1.36. The molecule has 0 bridgehead atoms. The fraction of sp³-hybridized carbons (Fsp3) is 0.692. The van der Waals surface area contributed by atoms with Crippen molar-refractivity contribution in [1.82, 2.24) is 14.9 Å². The lowest BCUT2D eigenvalue weighted by Gasteiger charge is -2.08. The van der Waals surface area contributed by atoms with Gasteiger partial charge in [-0.25, -0.2) is 4.98 Å². The number of rotatable bonds is 9. The molecule has 1 aromatic rings. The fourth-order valence-corrected chi connectivity index (χ4v) is 1.54. The van der Waals surface area contributed by atoms with Gasteiger partial charge in [-0.15, -0.1) is 0 Å². The van der Waals surface area contributed by atoms with Gasteiger partial charge >= 0.3 is 5.97 Å². The molecule has 0 fully saturated rings. The van der Waals surface area contributed by atoms with Crippen molar-refractivity contribution in [3.63, 3.8) is 0 Å². The van der Waals surface area contributed by atoms with Gasteiger partial charge in [-0.2, -0.15) is 0 Å². The van der Waals surface area contributed by atoms with Crippen LogP contribution in [0.3, 0.4) is 0 Å². The van der Waals surface area contributed by atoms with Gasteiger partial charge in [0.25, 0.3) is 0 Å². The van der Waals surface area contributed by atoms with Gasteiger partial charge in [-0.3, -0.25) is 4.79 Å². The Bertz CT molecular complexity index is 350. The smallest absolute Gasteiger partial charge is 0.325 e. The average molecular weight is 253 g/mol. The molecule has 0 saturated heterocycles. The molecule has 1 aromatic heterocycles. The van der Waals surface area contributed by atoms with Crippen LogP contribution in [-0.2, 0) is 22.6 Å². The highest BCUT2D eigenvalue weighted by Crippen LogP contribution is 1.99. The standard InChI is InChI=1S/C13H23N3O2/c1-3-5-9-18-13(17)11-16-8-7-15-12(16)10-14-6-4-2/h7-8,14H,3-6,9-11H2,1-2H3. The van der Waals surface area contributed by atoms with Gasteiger partial charge in [0.05, 0.1) is 13.2 Å². The molecule has 0 aliphatic carbocycles. The Kier molecular flexibility index (Phi) is 7.10. The number of carbonyl (C=O) groups is 1. The number of hydrogen-bond donors (Lipinski definition) is 1. The summed E-state index contributed by atoms with van der Waals surface area (Å²) in [4.78, 5) is 15.8. The summed E-state index contributed by atoms with van der Waals surface area (Å²) in [5, 5.41) is 3.27. The SMILES string of the molecule is CCCCOC(=O)Cn1ccnc1CNCCC. The van der Waals surface area contributed by atoms with Crippen molar-refractivity contribution in [2.24, 2.45) is 0 Å². The Morgan fingerprint density at radius 3 is 3.00 bits per heavy atom. The van der Waals surface area contributed by atoms with Gasteiger partial charge in [-0.05, 0) is 19.4 Å². The molecule has 5 heteroatoms. The quantitative estimate of drug-likeness (QED) is 0.538. The molecule has 0 saturated carbocycles. The number of ether oxygens (including phenoxy) is 1. The summed E-state index contributed by atoms with van der Waals surface area (Å²) in [5.41, 5.74) is 0. The first-order chi connectivity index (χ1) is 8.77. The Morgan fingerprint density at radius 1 is 1.44 bits per heavy atom. The zero-order chi connectivity index (χ0) is 13.2. The first-order valence-corrected chi connectivity index (χ1v) is 6.64. The molecule has 102 valence electrons. The molecule has 0 atom stereocenters. The van der Waals surface area contributed by atoms with Crippen LogP contribution in [0.25, 0.3) is 0 Å². The third-order valence-electron chi connectivity index (χ3n) is 2.57. The van der Waals surface area contributed by atoms with Crippen molar-refractivity contribution >= 4 is 5.97 Å². The third-order valence-corrected chi connectivity index (χ3v) is 2.57. The first-order valence-electron chi connectivity index (χ1n) is 6.64. The first kappa shape index (κ1) is 14.7. The Balaban J connectivity index is 2.36. The van der Waals surface area contributed by atoms with E-state index >= 15 is 0 Å². The van der Waals surface area contributed by atoms with Crippen molar-refractivity contribution in [3.8, 4) is 0 Å². The molecular weight excluding hydrogens is 230 g/mol. The molecule has 0 spiro atoms. The molecular formula is C13H23N3O2. The highest BCUT2D eigenvalue weighted by Gasteiger charge is 2.08. The van der Waals surface area contributed by atoms with Crippen molar-refractivity contribution in [1.29, 1.82) is 0 Å². The van der Waals surface area contributed by atoms with Gasteiger partial charge in [0.15, 0.2) is 0 Å². The number of imidazole rings is 1. The van der Waals surface area contributed by atoms with E-state index < -0.39 is 0 Å². The maximum atomic E-state index is 11.6. The minimum atomic E-state index is -0.196. The van der Waals surface area contributed by atoms with Gasteiger partial charge in [-0.1, -0.05) is 20.3 Å². The third kappa shape index (κ3) is 5.31. The number of nitrogens with one attached hydrogen (secondary N) is 1. The van der Waals surface area contributed by atoms with E-state index in [1.165, 1.54) is 0 Å². The largest absolute Gasteiger partial charge is 0.464 e. The number of carbonyl (C=O) groups excluding carboxylic acids is 1. The average Bonchev–Trinajstić information content (AvgIpc) is 2.77. The van der Waals surface area contributed by atoms with Crippen molar-refractivity contribution in [2.45, 2.75) is 46.2 Å². The van der Waals surface area contributed by atoms with Crippen molar-refractivity contribution < 1.29 is 9.53 Å². The van der Waals surface area contributed by atoms with Crippen LogP contribution in [0.2, 0.25) is 0 Å². The fourth-order valence-electron chi connectivity index (χ4n) is 1.54. The molecule has 1 N–H and O–H groups in total. The summed E-state index contributed by atoms with van der Waals surface area (Å²) in [5.74, 6) is 0.675. The lowest BCUT2D eigenvalue weighted by molar-refractivity contribution is -0.144. The van der Waals surface area contributed by atoms with Crippen LogP contribution in [0.15, 0.2) is 12.4 Å². The predicted octanol–water partition coefficient (Wildman–Crippen LogP) is 1.73. The van der Waals surface area contributed by atoms with Crippen LogP contribution in [0.4, 0.5) is 0 Å². The Labute approximate surface area is 109 Å². The maximum absolute atomic E-state index is 11.6. The molecule has 0 aliphatic heterocycles. The number of nitrogens with zero attached hydrogens (tertiary/aromatic N) is 2. The van der Waals surface area contributed by atoms with Gasteiger partial charge < -0.3 is 14.6 Å². The van der Waals surface area contributed by atoms with E-state index in [1.807, 2.05) is 10.8 Å². The summed E-state index contributed by atoms with van der Waals surface area (Å²) >= 11 is 0. The monoisotopic (exact) mass is 253 g/mol. The van der Waals surface area contributed by atoms with Gasteiger partial charge in [0, 0.05) is 12.4 Å². The number of hydrogen-bond acceptors (Lipinski definition) is 4. The van der Waals surface area contributed by atoms with Crippen LogP contribution in [0, 0.1) is 0 Å². The molecule has 0 aliphatic rings. The van der Waals surface area contributed by atoms with E-state index in [9.17, 15) is 4.79 Å². The summed E-state index contributed by atoms with van der Waals surface area (Å²) in [6.45, 7) is 6.57. The Morgan fingerprint density at radius 2 is 2.28 bits per heavy atom. The second-order valence-corrected chi connectivity index (χ2v) is 4.22. The molecule has 18 heavy (non-hydrogen) atoms. The summed E-state index contributed by atoms with van der Waals surface area (Å²) in [6.07, 6.45) is 6.55. The summed E-state index contributed by atoms with van der Waals surface area (Å²) in [7, 11) is 0. The van der Waals surface area contributed by atoms with Crippen LogP contribution >= 0.6 is 0 Å². The minimum Gasteiger partial charge on any atom is -0.464 e. The zero-order valence-corrected chi connectivity index (χ0v) is 11.3. The second-order valence-electron chi connectivity index (χ2n) is 4.22. The number of aromatic nitrogens is 2. The molecule has 1 heterocycles. The van der Waals surface area contributed by atoms with E-state index in [-0.39, 0.29) is 12.5 Å². The lowest BCUT2D eigenvalue weighted by Crippen LogP contribution is -2.20. The summed E-state index contributed by atoms with van der Waals surface area (Å²) in [6, 6.07) is 0. The van der Waals surface area contributed by atoms with Crippen molar-refractivity contribution in [3.05, 3.63) is 18.2 Å². The number of esters is 1. The van der Waals surface area contributed by atoms with Crippen LogP contribution in [-0.4, -0.2) is 28.7 Å². The molecule has 0 radical (unpaired) electrons. The molecule has 5 nitrogen and oxygen atoms in total. The molecule has 0 aromatic carbocycles. The van der Waals surface area contributed by atoms with E-state index in [4.69, 9.17) is 4.74 Å².